The van der Waals surface area contributed by atoms with Crippen molar-refractivity contribution in [2.45, 2.75) is 32.7 Å². The molecule has 0 spiro atoms. The van der Waals surface area contributed by atoms with E-state index in [9.17, 15) is 19.2 Å². The van der Waals surface area contributed by atoms with Gasteiger partial charge in [0.2, 0.25) is 11.8 Å². The second-order valence-electron chi connectivity index (χ2n) is 7.26. The van der Waals surface area contributed by atoms with Crippen LogP contribution in [0.3, 0.4) is 0 Å². The highest BCUT2D eigenvalue weighted by Gasteiger charge is 2.45. The first kappa shape index (κ1) is 20.5. The predicted molar refractivity (Wildman–Crippen MR) is 108 cm³/mol. The molecule has 152 valence electrons. The van der Waals surface area contributed by atoms with Crippen molar-refractivity contribution in [2.75, 3.05) is 18.4 Å². The van der Waals surface area contributed by atoms with E-state index in [1.54, 1.807) is 18.2 Å². The van der Waals surface area contributed by atoms with Crippen molar-refractivity contribution < 1.29 is 19.2 Å². The monoisotopic (exact) mass is 396 g/mol. The van der Waals surface area contributed by atoms with Crippen LogP contribution < -0.4 is 16.4 Å². The SMILES string of the molecule is C/C(=C\C=C(/C)CNc1cccc2c1C(=O)N(C1CCC(=O)NC1=O)C2=O)CN. The highest BCUT2D eigenvalue weighted by atomic mass is 16.2. The van der Waals surface area contributed by atoms with Crippen molar-refractivity contribution in [3.05, 3.63) is 52.6 Å². The number of carbonyl (C=O) groups is 4. The van der Waals surface area contributed by atoms with Crippen molar-refractivity contribution in [3.8, 4) is 0 Å². The van der Waals surface area contributed by atoms with Crippen LogP contribution in [0, 0.1) is 0 Å². The summed E-state index contributed by atoms with van der Waals surface area (Å²) >= 11 is 0. The van der Waals surface area contributed by atoms with Crippen LogP contribution in [0.25, 0.3) is 0 Å². The van der Waals surface area contributed by atoms with Crippen LogP contribution in [0.1, 0.15) is 47.4 Å². The zero-order valence-electron chi connectivity index (χ0n) is 16.5. The van der Waals surface area contributed by atoms with Gasteiger partial charge >= 0.3 is 0 Å². The molecule has 4 amide bonds. The fourth-order valence-electron chi connectivity index (χ4n) is 3.31. The van der Waals surface area contributed by atoms with Gasteiger partial charge in [-0.3, -0.25) is 29.4 Å². The van der Waals surface area contributed by atoms with Crippen LogP contribution in [0.2, 0.25) is 0 Å². The summed E-state index contributed by atoms with van der Waals surface area (Å²) in [5.74, 6) is -2.06. The summed E-state index contributed by atoms with van der Waals surface area (Å²) in [6, 6.07) is 4.02. The van der Waals surface area contributed by atoms with Gasteiger partial charge in [-0.25, -0.2) is 0 Å². The molecule has 3 rings (SSSR count). The molecule has 2 aliphatic heterocycles. The van der Waals surface area contributed by atoms with Gasteiger partial charge in [-0.15, -0.1) is 0 Å². The topological polar surface area (TPSA) is 122 Å². The zero-order chi connectivity index (χ0) is 21.1. The van der Waals surface area contributed by atoms with E-state index in [0.29, 0.717) is 18.8 Å². The molecule has 0 radical (unpaired) electrons. The minimum Gasteiger partial charge on any atom is -0.381 e. The summed E-state index contributed by atoms with van der Waals surface area (Å²) < 4.78 is 0. The van der Waals surface area contributed by atoms with Gasteiger partial charge in [0.1, 0.15) is 6.04 Å². The Morgan fingerprint density at radius 3 is 2.59 bits per heavy atom. The summed E-state index contributed by atoms with van der Waals surface area (Å²) in [6.45, 7) is 4.84. The zero-order valence-corrected chi connectivity index (χ0v) is 16.5. The fourth-order valence-corrected chi connectivity index (χ4v) is 3.31. The number of piperidine rings is 1. The lowest BCUT2D eigenvalue weighted by molar-refractivity contribution is -0.136. The molecule has 0 saturated carbocycles. The molecule has 4 N–H and O–H groups in total. The van der Waals surface area contributed by atoms with Crippen LogP contribution in [-0.2, 0) is 9.59 Å². The Labute approximate surface area is 168 Å². The first-order valence-electron chi connectivity index (χ1n) is 9.45. The maximum atomic E-state index is 13.0. The number of allylic oxidation sites excluding steroid dienone is 2. The third-order valence-electron chi connectivity index (χ3n) is 5.00. The summed E-state index contributed by atoms with van der Waals surface area (Å²) in [4.78, 5) is 50.4. The van der Waals surface area contributed by atoms with E-state index < -0.39 is 29.7 Å². The number of amides is 4. The van der Waals surface area contributed by atoms with Crippen LogP contribution in [-0.4, -0.2) is 47.7 Å². The maximum absolute atomic E-state index is 13.0. The highest BCUT2D eigenvalue weighted by molar-refractivity contribution is 6.25. The van der Waals surface area contributed by atoms with Gasteiger partial charge in [-0.2, -0.15) is 0 Å². The Bertz CT molecular complexity index is 948. The molecule has 0 bridgehead atoms. The summed E-state index contributed by atoms with van der Waals surface area (Å²) in [7, 11) is 0. The molecule has 0 aromatic heterocycles. The quantitative estimate of drug-likeness (QED) is 0.493. The van der Waals surface area contributed by atoms with Crippen LogP contribution in [0.5, 0.6) is 0 Å². The van der Waals surface area contributed by atoms with Crippen molar-refractivity contribution in [1.82, 2.24) is 10.2 Å². The molecule has 1 saturated heterocycles. The normalized spacial score (nSPS) is 20.1. The molecular weight excluding hydrogens is 372 g/mol. The van der Waals surface area contributed by atoms with Crippen LogP contribution in [0.4, 0.5) is 5.69 Å². The predicted octanol–water partition coefficient (Wildman–Crippen LogP) is 1.35. The Kier molecular flexibility index (Phi) is 5.93. The highest BCUT2D eigenvalue weighted by Crippen LogP contribution is 2.32. The Balaban J connectivity index is 1.81. The number of carbonyl (C=O) groups excluding carboxylic acids is 4. The van der Waals surface area contributed by atoms with Crippen LogP contribution in [0.15, 0.2) is 41.5 Å². The molecule has 1 unspecified atom stereocenters. The van der Waals surface area contributed by atoms with Crippen molar-refractivity contribution in [1.29, 1.82) is 0 Å². The third-order valence-corrected chi connectivity index (χ3v) is 5.00. The number of benzene rings is 1. The summed E-state index contributed by atoms with van der Waals surface area (Å²) in [6.07, 6.45) is 4.11. The average molecular weight is 396 g/mol. The molecule has 8 nitrogen and oxygen atoms in total. The number of nitrogens with two attached hydrogens (primary N) is 1. The molecular formula is C21H24N4O4. The average Bonchev–Trinajstić information content (AvgIpc) is 2.95. The maximum Gasteiger partial charge on any atom is 0.264 e. The van der Waals surface area contributed by atoms with E-state index in [4.69, 9.17) is 5.73 Å². The first-order chi connectivity index (χ1) is 13.8. The number of nitrogens with zero attached hydrogens (tertiary/aromatic N) is 1. The van der Waals surface area contributed by atoms with Gasteiger partial charge in [0.05, 0.1) is 11.1 Å². The Morgan fingerprint density at radius 2 is 1.90 bits per heavy atom. The van der Waals surface area contributed by atoms with E-state index in [1.807, 2.05) is 26.0 Å². The Morgan fingerprint density at radius 1 is 1.17 bits per heavy atom. The molecule has 8 heteroatoms. The van der Waals surface area contributed by atoms with E-state index in [2.05, 4.69) is 10.6 Å². The number of nitrogens with one attached hydrogen (secondary N) is 2. The molecule has 1 aromatic rings. The molecule has 2 aliphatic rings. The second-order valence-corrected chi connectivity index (χ2v) is 7.26. The lowest BCUT2D eigenvalue weighted by Gasteiger charge is -2.27. The minimum atomic E-state index is -0.973. The van der Waals surface area contributed by atoms with E-state index in [1.165, 1.54) is 0 Å². The molecule has 0 aliphatic carbocycles. The van der Waals surface area contributed by atoms with Crippen molar-refractivity contribution in [2.24, 2.45) is 5.73 Å². The van der Waals surface area contributed by atoms with Gasteiger partial charge in [0.15, 0.2) is 0 Å². The largest absolute Gasteiger partial charge is 0.381 e. The van der Waals surface area contributed by atoms with E-state index in [-0.39, 0.29) is 24.0 Å². The van der Waals surface area contributed by atoms with Gasteiger partial charge < -0.3 is 11.1 Å². The van der Waals surface area contributed by atoms with E-state index in [0.717, 1.165) is 16.0 Å². The van der Waals surface area contributed by atoms with Crippen molar-refractivity contribution in [3.63, 3.8) is 0 Å². The van der Waals surface area contributed by atoms with Crippen LogP contribution >= 0.6 is 0 Å². The van der Waals surface area contributed by atoms with E-state index >= 15 is 0 Å². The standard InChI is InChI=1S/C21H24N4O4/c1-12(10-22)6-7-13(2)11-23-15-5-3-4-14-18(15)21(29)25(20(14)28)16-8-9-17(26)24-19(16)27/h3-7,16,23H,8-11,22H2,1-2H3,(H,24,26,27)/b12-6+,13-7+. The Hall–Kier alpha value is -3.26. The smallest absolute Gasteiger partial charge is 0.264 e. The minimum absolute atomic E-state index is 0.0919. The lowest BCUT2D eigenvalue weighted by atomic mass is 10.0. The van der Waals surface area contributed by atoms with Gasteiger partial charge in [0.25, 0.3) is 11.8 Å². The molecule has 1 aromatic carbocycles. The lowest BCUT2D eigenvalue weighted by Crippen LogP contribution is -2.54. The summed E-state index contributed by atoms with van der Waals surface area (Å²) in [5, 5.41) is 5.39. The van der Waals surface area contributed by atoms with Gasteiger partial charge in [-0.1, -0.05) is 29.4 Å². The first-order valence-corrected chi connectivity index (χ1v) is 9.45. The number of hydrogen-bond acceptors (Lipinski definition) is 6. The molecule has 1 fully saturated rings. The fraction of sp³-hybridized carbons (Fsp3) is 0.333. The molecule has 2 heterocycles. The second kappa shape index (κ2) is 8.40. The number of anilines is 1. The van der Waals surface area contributed by atoms with Gasteiger partial charge in [-0.05, 0) is 32.4 Å². The summed E-state index contributed by atoms with van der Waals surface area (Å²) in [5.41, 5.74) is 8.68. The van der Waals surface area contributed by atoms with Crippen molar-refractivity contribution >= 4 is 29.3 Å². The number of rotatable bonds is 6. The molecule has 29 heavy (non-hydrogen) atoms. The molecule has 1 atom stereocenters. The number of imide groups is 2. The van der Waals surface area contributed by atoms with Gasteiger partial charge in [0, 0.05) is 25.2 Å². The number of fused-ring (bicyclic) bond motifs is 1. The third kappa shape index (κ3) is 4.12. The number of hydrogen-bond donors (Lipinski definition) is 3.